The Morgan fingerprint density at radius 1 is 1.38 bits per heavy atom. The minimum Gasteiger partial charge on any atom is -0.496 e. The number of carbonyl (C=O) groups is 1. The number of amides is 1. The van der Waals surface area contributed by atoms with Crippen LogP contribution in [0.5, 0.6) is 5.75 Å². The van der Waals surface area contributed by atoms with Crippen molar-refractivity contribution in [2.24, 2.45) is 0 Å². The molecular weight excluding hydrogens is 202 g/mol. The quantitative estimate of drug-likeness (QED) is 0.794. The molecule has 1 rings (SSSR count). The summed E-state index contributed by atoms with van der Waals surface area (Å²) in [5.74, 6) is 0.659. The number of methoxy groups -OCH3 is 1. The lowest BCUT2D eigenvalue weighted by Crippen LogP contribution is -2.09. The van der Waals surface area contributed by atoms with Crippen LogP contribution < -0.4 is 10.1 Å². The SMILES string of the molecule is COc1cccc(NC(=O)C=C(C)C)c1C. The van der Waals surface area contributed by atoms with Crippen LogP contribution >= 0.6 is 0 Å². The van der Waals surface area contributed by atoms with Crippen molar-refractivity contribution < 1.29 is 9.53 Å². The van der Waals surface area contributed by atoms with E-state index < -0.39 is 0 Å². The lowest BCUT2D eigenvalue weighted by molar-refractivity contribution is -0.111. The van der Waals surface area contributed by atoms with E-state index in [4.69, 9.17) is 4.74 Å². The standard InChI is InChI=1S/C13H17NO2/c1-9(2)8-13(15)14-11-6-5-7-12(16-4)10(11)3/h5-8H,1-4H3,(H,14,15). The van der Waals surface area contributed by atoms with Gasteiger partial charge in [-0.15, -0.1) is 0 Å². The molecule has 3 heteroatoms. The van der Waals surface area contributed by atoms with Crippen molar-refractivity contribution in [3.8, 4) is 5.75 Å². The Bertz CT molecular complexity index is 418. The molecule has 0 unspecified atom stereocenters. The summed E-state index contributed by atoms with van der Waals surface area (Å²) in [6.07, 6.45) is 1.57. The van der Waals surface area contributed by atoms with Crippen LogP contribution in [0.1, 0.15) is 19.4 Å². The fourth-order valence-corrected chi connectivity index (χ4v) is 1.40. The third-order valence-corrected chi connectivity index (χ3v) is 2.18. The van der Waals surface area contributed by atoms with E-state index in [0.29, 0.717) is 0 Å². The highest BCUT2D eigenvalue weighted by molar-refractivity contribution is 6.00. The molecule has 0 radical (unpaired) electrons. The molecule has 86 valence electrons. The lowest BCUT2D eigenvalue weighted by atomic mass is 10.1. The minimum atomic E-state index is -0.114. The van der Waals surface area contributed by atoms with Gasteiger partial charge < -0.3 is 10.1 Å². The van der Waals surface area contributed by atoms with Gasteiger partial charge in [-0.3, -0.25) is 4.79 Å². The van der Waals surface area contributed by atoms with Gasteiger partial charge in [-0.25, -0.2) is 0 Å². The van der Waals surface area contributed by atoms with Gasteiger partial charge in [-0.2, -0.15) is 0 Å². The third-order valence-electron chi connectivity index (χ3n) is 2.18. The van der Waals surface area contributed by atoms with E-state index in [1.165, 1.54) is 0 Å². The predicted molar refractivity (Wildman–Crippen MR) is 65.8 cm³/mol. The van der Waals surface area contributed by atoms with E-state index in [9.17, 15) is 4.79 Å². The topological polar surface area (TPSA) is 38.3 Å². The van der Waals surface area contributed by atoms with Crippen molar-refractivity contribution in [2.45, 2.75) is 20.8 Å². The second-order valence-corrected chi connectivity index (χ2v) is 3.84. The van der Waals surface area contributed by atoms with E-state index in [1.54, 1.807) is 13.2 Å². The number of allylic oxidation sites excluding steroid dienone is 1. The summed E-state index contributed by atoms with van der Waals surface area (Å²) in [4.78, 5) is 11.5. The highest BCUT2D eigenvalue weighted by Gasteiger charge is 2.05. The second kappa shape index (κ2) is 5.35. The molecule has 1 aromatic rings. The molecule has 1 amide bonds. The Balaban J connectivity index is 2.90. The Labute approximate surface area is 96.1 Å². The fourth-order valence-electron chi connectivity index (χ4n) is 1.40. The zero-order chi connectivity index (χ0) is 12.1. The molecule has 0 atom stereocenters. The van der Waals surface area contributed by atoms with Crippen molar-refractivity contribution in [3.63, 3.8) is 0 Å². The van der Waals surface area contributed by atoms with Crippen molar-refractivity contribution in [1.29, 1.82) is 0 Å². The smallest absolute Gasteiger partial charge is 0.248 e. The second-order valence-electron chi connectivity index (χ2n) is 3.84. The van der Waals surface area contributed by atoms with E-state index in [2.05, 4.69) is 5.32 Å². The number of carbonyl (C=O) groups excluding carboxylic acids is 1. The first-order valence-corrected chi connectivity index (χ1v) is 5.14. The summed E-state index contributed by atoms with van der Waals surface area (Å²) in [5.41, 5.74) is 2.68. The minimum absolute atomic E-state index is 0.114. The van der Waals surface area contributed by atoms with Gasteiger partial charge in [0, 0.05) is 17.3 Å². The Morgan fingerprint density at radius 3 is 2.62 bits per heavy atom. The van der Waals surface area contributed by atoms with Crippen molar-refractivity contribution in [2.75, 3.05) is 12.4 Å². The van der Waals surface area contributed by atoms with Crippen LogP contribution in [0.15, 0.2) is 29.8 Å². The zero-order valence-corrected chi connectivity index (χ0v) is 10.1. The number of hydrogen-bond donors (Lipinski definition) is 1. The molecule has 0 aromatic heterocycles. The Kier molecular flexibility index (Phi) is 4.11. The molecular formula is C13H17NO2. The maximum absolute atomic E-state index is 11.5. The Hall–Kier alpha value is -1.77. The summed E-state index contributed by atoms with van der Waals surface area (Å²) in [5, 5.41) is 2.82. The number of anilines is 1. The van der Waals surface area contributed by atoms with Crippen LogP contribution in [0.25, 0.3) is 0 Å². The highest BCUT2D eigenvalue weighted by Crippen LogP contribution is 2.24. The van der Waals surface area contributed by atoms with Gasteiger partial charge in [0.25, 0.3) is 0 Å². The van der Waals surface area contributed by atoms with Crippen LogP contribution in [0.3, 0.4) is 0 Å². The summed E-state index contributed by atoms with van der Waals surface area (Å²) < 4.78 is 5.18. The molecule has 0 spiro atoms. The molecule has 0 heterocycles. The van der Waals surface area contributed by atoms with Gasteiger partial charge >= 0.3 is 0 Å². The van der Waals surface area contributed by atoms with Gasteiger partial charge in [0.2, 0.25) is 5.91 Å². The van der Waals surface area contributed by atoms with Gasteiger partial charge in [-0.05, 0) is 32.9 Å². The molecule has 0 saturated carbocycles. The highest BCUT2D eigenvalue weighted by atomic mass is 16.5. The monoisotopic (exact) mass is 219 g/mol. The summed E-state index contributed by atoms with van der Waals surface area (Å²) >= 11 is 0. The first-order valence-electron chi connectivity index (χ1n) is 5.14. The third kappa shape index (κ3) is 3.12. The van der Waals surface area contributed by atoms with Crippen molar-refractivity contribution in [3.05, 3.63) is 35.4 Å². The molecule has 0 saturated heterocycles. The molecule has 1 N–H and O–H groups in total. The first-order chi connectivity index (χ1) is 7.54. The molecule has 0 aliphatic carbocycles. The average molecular weight is 219 g/mol. The lowest BCUT2D eigenvalue weighted by Gasteiger charge is -2.10. The molecule has 3 nitrogen and oxygen atoms in total. The summed E-state index contributed by atoms with van der Waals surface area (Å²) in [6, 6.07) is 5.57. The van der Waals surface area contributed by atoms with Crippen LogP contribution in [0.2, 0.25) is 0 Å². The van der Waals surface area contributed by atoms with Crippen LogP contribution in [0, 0.1) is 6.92 Å². The first kappa shape index (κ1) is 12.3. The number of benzene rings is 1. The predicted octanol–water partition coefficient (Wildman–Crippen LogP) is 2.91. The van der Waals surface area contributed by atoms with E-state index in [1.807, 2.05) is 39.0 Å². The number of ether oxygens (including phenoxy) is 1. The molecule has 0 aliphatic rings. The van der Waals surface area contributed by atoms with E-state index in [0.717, 1.165) is 22.6 Å². The van der Waals surface area contributed by atoms with Gasteiger partial charge in [0.05, 0.1) is 7.11 Å². The normalized spacial score (nSPS) is 9.50. The largest absolute Gasteiger partial charge is 0.496 e. The van der Waals surface area contributed by atoms with Crippen molar-refractivity contribution >= 4 is 11.6 Å². The average Bonchev–Trinajstić information content (AvgIpc) is 2.20. The molecule has 16 heavy (non-hydrogen) atoms. The maximum Gasteiger partial charge on any atom is 0.248 e. The summed E-state index contributed by atoms with van der Waals surface area (Å²) in [6.45, 7) is 5.69. The Morgan fingerprint density at radius 2 is 2.06 bits per heavy atom. The van der Waals surface area contributed by atoms with Crippen LogP contribution in [0.4, 0.5) is 5.69 Å². The molecule has 1 aromatic carbocycles. The maximum atomic E-state index is 11.5. The van der Waals surface area contributed by atoms with Gasteiger partial charge in [0.1, 0.15) is 5.75 Å². The zero-order valence-electron chi connectivity index (χ0n) is 10.1. The van der Waals surface area contributed by atoms with E-state index >= 15 is 0 Å². The van der Waals surface area contributed by atoms with Crippen molar-refractivity contribution in [1.82, 2.24) is 0 Å². The molecule has 0 aliphatic heterocycles. The van der Waals surface area contributed by atoms with Crippen LogP contribution in [-0.4, -0.2) is 13.0 Å². The van der Waals surface area contributed by atoms with Gasteiger partial charge in [-0.1, -0.05) is 11.6 Å². The van der Waals surface area contributed by atoms with E-state index in [-0.39, 0.29) is 5.91 Å². The molecule has 0 bridgehead atoms. The summed E-state index contributed by atoms with van der Waals surface area (Å²) in [7, 11) is 1.62. The number of hydrogen-bond acceptors (Lipinski definition) is 2. The van der Waals surface area contributed by atoms with Gasteiger partial charge in [0.15, 0.2) is 0 Å². The number of rotatable bonds is 3. The van der Waals surface area contributed by atoms with Crippen LogP contribution in [-0.2, 0) is 4.79 Å². The number of nitrogens with one attached hydrogen (secondary N) is 1. The fraction of sp³-hybridized carbons (Fsp3) is 0.308. The molecule has 0 fully saturated rings.